The van der Waals surface area contributed by atoms with Gasteiger partial charge in [-0.1, -0.05) is 35.5 Å². The molecule has 0 aliphatic rings. The fraction of sp³-hybridized carbons (Fsp3) is 0.222. The summed E-state index contributed by atoms with van der Waals surface area (Å²) >= 11 is 7.11. The highest BCUT2D eigenvalue weighted by Gasteiger charge is 2.17. The number of carbonyl (C=O) groups excluding carboxylic acids is 2. The Morgan fingerprint density at radius 1 is 1.25 bits per heavy atom. The summed E-state index contributed by atoms with van der Waals surface area (Å²) < 4.78 is 10.7. The molecule has 2 amide bonds. The molecule has 3 aromatic rings. The molecule has 0 saturated carbocycles. The first-order valence-electron chi connectivity index (χ1n) is 8.23. The topological polar surface area (TPSA) is 101 Å². The molecule has 3 rings (SSSR count). The molecular weight excluding hydrogens is 404 g/mol. The van der Waals surface area contributed by atoms with E-state index in [1.54, 1.807) is 44.3 Å². The zero-order chi connectivity index (χ0) is 20.1. The third kappa shape index (κ3) is 4.93. The van der Waals surface area contributed by atoms with Crippen molar-refractivity contribution in [2.24, 2.45) is 0 Å². The van der Waals surface area contributed by atoms with E-state index in [1.807, 2.05) is 0 Å². The van der Waals surface area contributed by atoms with Crippen molar-refractivity contribution in [3.63, 3.8) is 0 Å². The highest BCUT2D eigenvalue weighted by atomic mass is 35.5. The number of likely N-dealkylation sites (N-methyl/N-ethyl adjacent to an activating group) is 1. The van der Waals surface area contributed by atoms with E-state index >= 15 is 0 Å². The van der Waals surface area contributed by atoms with Gasteiger partial charge in [0, 0.05) is 7.05 Å². The fourth-order valence-corrected chi connectivity index (χ4v) is 3.16. The van der Waals surface area contributed by atoms with Crippen molar-refractivity contribution in [1.29, 1.82) is 0 Å². The number of benzene rings is 1. The van der Waals surface area contributed by atoms with Crippen LogP contribution in [-0.4, -0.2) is 46.3 Å². The maximum atomic E-state index is 12.3. The summed E-state index contributed by atoms with van der Waals surface area (Å²) in [5.74, 6) is 0.458. The lowest BCUT2D eigenvalue weighted by Crippen LogP contribution is -2.36. The second-order valence-corrected chi connectivity index (χ2v) is 7.16. The second-order valence-electron chi connectivity index (χ2n) is 5.83. The first-order valence-corrected chi connectivity index (χ1v) is 9.59. The van der Waals surface area contributed by atoms with Gasteiger partial charge in [0.25, 0.3) is 11.1 Å². The summed E-state index contributed by atoms with van der Waals surface area (Å²) in [5, 5.41) is 11.2. The van der Waals surface area contributed by atoms with Crippen LogP contribution in [0.15, 0.2) is 50.7 Å². The summed E-state index contributed by atoms with van der Waals surface area (Å²) in [7, 11) is 1.54. The quantitative estimate of drug-likeness (QED) is 0.584. The van der Waals surface area contributed by atoms with Crippen LogP contribution in [0.3, 0.4) is 0 Å². The lowest BCUT2D eigenvalue weighted by Gasteiger charge is -2.16. The largest absolute Gasteiger partial charge is 0.469 e. The minimum Gasteiger partial charge on any atom is -0.469 e. The van der Waals surface area contributed by atoms with Gasteiger partial charge in [0.15, 0.2) is 0 Å². The van der Waals surface area contributed by atoms with Gasteiger partial charge in [-0.15, -0.1) is 10.2 Å². The van der Waals surface area contributed by atoms with Crippen molar-refractivity contribution < 1.29 is 18.4 Å². The Morgan fingerprint density at radius 3 is 2.75 bits per heavy atom. The van der Waals surface area contributed by atoms with E-state index in [0.717, 1.165) is 11.8 Å². The summed E-state index contributed by atoms with van der Waals surface area (Å²) in [6, 6.07) is 8.62. The molecule has 0 fully saturated rings. The fourth-order valence-electron chi connectivity index (χ4n) is 2.27. The molecule has 0 radical (unpaired) electrons. The first kappa shape index (κ1) is 20.0. The molecular formula is C18H17ClN4O4S. The Labute approximate surface area is 170 Å². The smallest absolute Gasteiger partial charge is 0.277 e. The van der Waals surface area contributed by atoms with Crippen LogP contribution in [0.2, 0.25) is 5.02 Å². The van der Waals surface area contributed by atoms with Gasteiger partial charge >= 0.3 is 0 Å². The number of aromatic nitrogens is 2. The monoisotopic (exact) mass is 420 g/mol. The number of rotatable bonds is 7. The van der Waals surface area contributed by atoms with Crippen molar-refractivity contribution in [1.82, 2.24) is 15.1 Å². The van der Waals surface area contributed by atoms with Crippen LogP contribution in [0.1, 0.15) is 5.76 Å². The predicted octanol–water partition coefficient (Wildman–Crippen LogP) is 3.48. The molecule has 0 bridgehead atoms. The number of aryl methyl sites for hydroxylation is 1. The number of para-hydroxylation sites is 1. The molecule has 0 spiro atoms. The van der Waals surface area contributed by atoms with Gasteiger partial charge < -0.3 is 19.1 Å². The van der Waals surface area contributed by atoms with Crippen LogP contribution in [0.25, 0.3) is 11.5 Å². The van der Waals surface area contributed by atoms with Gasteiger partial charge in [-0.25, -0.2) is 0 Å². The number of hydrogen-bond acceptors (Lipinski definition) is 7. The standard InChI is InChI=1S/C18H17ClN4O4S/c1-11-12(7-8-26-11)17-21-22-18(27-17)28-10-16(25)23(2)9-15(24)20-14-6-4-3-5-13(14)19/h3-8H,9-10H2,1-2H3,(H,20,24). The third-order valence-corrected chi connectivity index (χ3v) is 4.90. The predicted molar refractivity (Wildman–Crippen MR) is 105 cm³/mol. The summed E-state index contributed by atoms with van der Waals surface area (Å²) in [4.78, 5) is 25.7. The zero-order valence-corrected chi connectivity index (χ0v) is 16.7. The van der Waals surface area contributed by atoms with Crippen molar-refractivity contribution in [2.45, 2.75) is 12.1 Å². The average Bonchev–Trinajstić information content (AvgIpc) is 3.30. The Balaban J connectivity index is 1.49. The molecule has 1 N–H and O–H groups in total. The van der Waals surface area contributed by atoms with Crippen LogP contribution >= 0.6 is 23.4 Å². The zero-order valence-electron chi connectivity index (χ0n) is 15.1. The Kier molecular flexibility index (Phi) is 6.37. The van der Waals surface area contributed by atoms with Crippen LogP contribution < -0.4 is 5.32 Å². The molecule has 2 heterocycles. The van der Waals surface area contributed by atoms with Crippen LogP contribution in [0.5, 0.6) is 0 Å². The van der Waals surface area contributed by atoms with E-state index in [-0.39, 0.29) is 29.3 Å². The lowest BCUT2D eigenvalue weighted by molar-refractivity contribution is -0.131. The molecule has 1 aromatic carbocycles. The maximum Gasteiger partial charge on any atom is 0.277 e. The van der Waals surface area contributed by atoms with E-state index in [1.165, 1.54) is 11.2 Å². The Morgan fingerprint density at radius 2 is 2.04 bits per heavy atom. The Bertz CT molecular complexity index is 987. The average molecular weight is 421 g/mol. The van der Waals surface area contributed by atoms with E-state index in [2.05, 4.69) is 15.5 Å². The molecule has 0 aliphatic heterocycles. The van der Waals surface area contributed by atoms with Gasteiger partial charge in [0.05, 0.1) is 34.8 Å². The third-order valence-electron chi connectivity index (χ3n) is 3.77. The molecule has 2 aromatic heterocycles. The molecule has 8 nitrogen and oxygen atoms in total. The van der Waals surface area contributed by atoms with Gasteiger partial charge in [0.1, 0.15) is 5.76 Å². The van der Waals surface area contributed by atoms with Gasteiger partial charge in [-0.05, 0) is 25.1 Å². The summed E-state index contributed by atoms with van der Waals surface area (Å²) in [6.07, 6.45) is 1.54. The minimum absolute atomic E-state index is 0.0574. The number of furan rings is 1. The first-order chi connectivity index (χ1) is 13.4. The number of anilines is 1. The van der Waals surface area contributed by atoms with E-state index in [4.69, 9.17) is 20.4 Å². The molecule has 0 aliphatic carbocycles. The van der Waals surface area contributed by atoms with Crippen molar-refractivity contribution in [3.8, 4) is 11.5 Å². The number of carbonyl (C=O) groups is 2. The van der Waals surface area contributed by atoms with Crippen molar-refractivity contribution in [3.05, 3.63) is 47.4 Å². The number of nitrogens with one attached hydrogen (secondary N) is 1. The van der Waals surface area contributed by atoms with E-state index < -0.39 is 0 Å². The number of nitrogens with zero attached hydrogens (tertiary/aromatic N) is 3. The van der Waals surface area contributed by atoms with Crippen molar-refractivity contribution >= 4 is 40.9 Å². The molecule has 0 saturated heterocycles. The van der Waals surface area contributed by atoms with Crippen molar-refractivity contribution in [2.75, 3.05) is 24.7 Å². The SMILES string of the molecule is Cc1occc1-c1nnc(SCC(=O)N(C)CC(=O)Nc2ccccc2Cl)o1. The van der Waals surface area contributed by atoms with E-state index in [9.17, 15) is 9.59 Å². The maximum absolute atomic E-state index is 12.3. The van der Waals surface area contributed by atoms with Gasteiger partial charge in [-0.2, -0.15) is 0 Å². The number of amides is 2. The summed E-state index contributed by atoms with van der Waals surface area (Å²) in [6.45, 7) is 1.69. The molecule has 28 heavy (non-hydrogen) atoms. The molecule has 146 valence electrons. The van der Waals surface area contributed by atoms with Crippen LogP contribution in [0, 0.1) is 6.92 Å². The number of halogens is 1. The van der Waals surface area contributed by atoms with Crippen LogP contribution in [-0.2, 0) is 9.59 Å². The van der Waals surface area contributed by atoms with E-state index in [0.29, 0.717) is 27.9 Å². The molecule has 0 unspecified atom stereocenters. The second kappa shape index (κ2) is 8.94. The molecule has 10 heteroatoms. The summed E-state index contributed by atoms with van der Waals surface area (Å²) in [5.41, 5.74) is 1.20. The number of thioether (sulfide) groups is 1. The highest BCUT2D eigenvalue weighted by Crippen LogP contribution is 2.26. The Hall–Kier alpha value is -2.78. The number of hydrogen-bond donors (Lipinski definition) is 1. The van der Waals surface area contributed by atoms with Gasteiger partial charge in [-0.3, -0.25) is 9.59 Å². The van der Waals surface area contributed by atoms with Crippen LogP contribution in [0.4, 0.5) is 5.69 Å². The lowest BCUT2D eigenvalue weighted by atomic mass is 10.3. The normalized spacial score (nSPS) is 10.7. The minimum atomic E-state index is -0.343. The highest BCUT2D eigenvalue weighted by molar-refractivity contribution is 7.99. The van der Waals surface area contributed by atoms with Gasteiger partial charge in [0.2, 0.25) is 11.8 Å². The molecule has 0 atom stereocenters.